The number of carbonyl (C=O) groups is 1. The number of hydrogen-bond donors (Lipinski definition) is 0. The Labute approximate surface area is 78.5 Å². The molecule has 0 N–H and O–H groups in total. The third-order valence-corrected chi connectivity index (χ3v) is 2.30. The third kappa shape index (κ3) is 1.32. The summed E-state index contributed by atoms with van der Waals surface area (Å²) in [6, 6.07) is 0. The summed E-state index contributed by atoms with van der Waals surface area (Å²) in [4.78, 5) is 14.6. The Bertz CT molecular complexity index is 350. The number of halogens is 1. The number of carbonyl (C=O) groups excluding carboxylic acids is 1. The van der Waals surface area contributed by atoms with Crippen molar-refractivity contribution in [2.24, 2.45) is 10.9 Å². The summed E-state index contributed by atoms with van der Waals surface area (Å²) in [5.41, 5.74) is 1.00. The first-order chi connectivity index (χ1) is 5.75. The van der Waals surface area contributed by atoms with Crippen LogP contribution in [0.25, 0.3) is 0 Å². The molecule has 1 amide bonds. The van der Waals surface area contributed by atoms with E-state index in [-0.39, 0.29) is 11.8 Å². The van der Waals surface area contributed by atoms with Crippen LogP contribution >= 0.6 is 15.9 Å². The number of allylic oxidation sites excluding steroid dienone is 5. The Morgan fingerprint density at radius 3 is 3.08 bits per heavy atom. The lowest BCUT2D eigenvalue weighted by molar-refractivity contribution is -0.113. The van der Waals surface area contributed by atoms with Crippen molar-refractivity contribution in [3.63, 3.8) is 0 Å². The van der Waals surface area contributed by atoms with Crippen LogP contribution in [-0.4, -0.2) is 12.1 Å². The van der Waals surface area contributed by atoms with Gasteiger partial charge in [0.25, 0.3) is 5.91 Å². The second kappa shape index (κ2) is 2.83. The average Bonchev–Trinajstić information content (AvgIpc) is 2.03. The Hall–Kier alpha value is -0.960. The van der Waals surface area contributed by atoms with E-state index in [4.69, 9.17) is 0 Å². The molecule has 0 aromatic heterocycles. The molecule has 2 aliphatic rings. The van der Waals surface area contributed by atoms with E-state index in [0.717, 1.165) is 10.1 Å². The summed E-state index contributed by atoms with van der Waals surface area (Å²) >= 11 is 3.35. The van der Waals surface area contributed by atoms with E-state index < -0.39 is 0 Å². The van der Waals surface area contributed by atoms with Crippen LogP contribution in [0.2, 0.25) is 0 Å². The van der Waals surface area contributed by atoms with Crippen LogP contribution in [0.15, 0.2) is 39.4 Å². The highest BCUT2D eigenvalue weighted by Gasteiger charge is 2.16. The van der Waals surface area contributed by atoms with Crippen molar-refractivity contribution in [1.82, 2.24) is 0 Å². The number of rotatable bonds is 0. The second-order valence-corrected chi connectivity index (χ2v) is 3.59. The van der Waals surface area contributed by atoms with Gasteiger partial charge in [0.05, 0.1) is 0 Å². The van der Waals surface area contributed by atoms with Crippen molar-refractivity contribution in [3.05, 3.63) is 34.4 Å². The Balaban J connectivity index is 2.40. The molecular weight excluding hydrogens is 218 g/mol. The second-order valence-electron chi connectivity index (χ2n) is 2.67. The molecule has 60 valence electrons. The van der Waals surface area contributed by atoms with Gasteiger partial charge in [0.2, 0.25) is 0 Å². The van der Waals surface area contributed by atoms with Crippen LogP contribution in [0.4, 0.5) is 0 Å². The van der Waals surface area contributed by atoms with E-state index in [0.29, 0.717) is 0 Å². The maximum atomic E-state index is 10.9. The van der Waals surface area contributed by atoms with Crippen molar-refractivity contribution in [1.29, 1.82) is 0 Å². The molecule has 1 unspecified atom stereocenters. The molecule has 1 heterocycles. The molecule has 12 heavy (non-hydrogen) atoms. The SMILES string of the molecule is O=C1C=C2C=C(Br)C=CC2C=N1. The predicted octanol–water partition coefficient (Wildman–Crippen LogP) is 1.99. The number of aliphatic imine (C=N–C) groups is 1. The fraction of sp³-hybridized carbons (Fsp3) is 0.111. The monoisotopic (exact) mass is 223 g/mol. The maximum absolute atomic E-state index is 10.9. The first kappa shape index (κ1) is 7.68. The van der Waals surface area contributed by atoms with Crippen LogP contribution in [-0.2, 0) is 4.79 Å². The molecule has 1 aliphatic carbocycles. The van der Waals surface area contributed by atoms with Gasteiger partial charge in [0.1, 0.15) is 0 Å². The van der Waals surface area contributed by atoms with Crippen LogP contribution in [0.3, 0.4) is 0 Å². The number of amides is 1. The molecule has 2 rings (SSSR count). The van der Waals surface area contributed by atoms with Gasteiger partial charge in [-0.25, -0.2) is 4.99 Å². The zero-order chi connectivity index (χ0) is 8.55. The fourth-order valence-electron chi connectivity index (χ4n) is 1.22. The molecule has 0 aromatic rings. The lowest BCUT2D eigenvalue weighted by atomic mass is 9.94. The lowest BCUT2D eigenvalue weighted by Crippen LogP contribution is -2.11. The standard InChI is InChI=1S/C9H6BrNO/c10-8-2-1-6-5-11-9(12)4-7(6)3-8/h1-6H. The summed E-state index contributed by atoms with van der Waals surface area (Å²) in [6.07, 6.45) is 9.14. The quantitative estimate of drug-likeness (QED) is 0.618. The molecule has 0 aromatic carbocycles. The van der Waals surface area contributed by atoms with Crippen molar-refractivity contribution in [2.45, 2.75) is 0 Å². The molecule has 0 spiro atoms. The highest BCUT2D eigenvalue weighted by atomic mass is 79.9. The third-order valence-electron chi connectivity index (χ3n) is 1.80. The Kier molecular flexibility index (Phi) is 1.81. The normalized spacial score (nSPS) is 26.4. The van der Waals surface area contributed by atoms with Crippen LogP contribution in [0, 0.1) is 5.92 Å². The van der Waals surface area contributed by atoms with Gasteiger partial charge < -0.3 is 0 Å². The van der Waals surface area contributed by atoms with E-state index >= 15 is 0 Å². The van der Waals surface area contributed by atoms with E-state index in [1.165, 1.54) is 0 Å². The number of hydrogen-bond acceptors (Lipinski definition) is 1. The topological polar surface area (TPSA) is 29.4 Å². The zero-order valence-electron chi connectivity index (χ0n) is 6.20. The summed E-state index contributed by atoms with van der Waals surface area (Å²) < 4.78 is 0.994. The fourth-order valence-corrected chi connectivity index (χ4v) is 1.63. The van der Waals surface area contributed by atoms with Gasteiger partial charge >= 0.3 is 0 Å². The molecule has 3 heteroatoms. The van der Waals surface area contributed by atoms with Crippen molar-refractivity contribution in [2.75, 3.05) is 0 Å². The highest BCUT2D eigenvalue weighted by Crippen LogP contribution is 2.25. The minimum absolute atomic E-state index is 0.173. The van der Waals surface area contributed by atoms with Crippen LogP contribution in [0.5, 0.6) is 0 Å². The van der Waals surface area contributed by atoms with Gasteiger partial charge in [-0.15, -0.1) is 0 Å². The van der Waals surface area contributed by atoms with Gasteiger partial charge in [-0.3, -0.25) is 4.79 Å². The molecule has 0 bridgehead atoms. The number of dihydropyridines is 1. The Morgan fingerprint density at radius 2 is 2.25 bits per heavy atom. The van der Waals surface area contributed by atoms with Gasteiger partial charge in [-0.1, -0.05) is 28.1 Å². The molecular formula is C9H6BrNO. The van der Waals surface area contributed by atoms with Gasteiger partial charge in [0.15, 0.2) is 0 Å². The summed E-state index contributed by atoms with van der Waals surface area (Å²) in [7, 11) is 0. The first-order valence-electron chi connectivity index (χ1n) is 3.61. The van der Waals surface area contributed by atoms with Gasteiger partial charge in [0, 0.05) is 22.7 Å². The summed E-state index contributed by atoms with van der Waals surface area (Å²) in [6.45, 7) is 0. The van der Waals surface area contributed by atoms with Crippen molar-refractivity contribution < 1.29 is 4.79 Å². The maximum Gasteiger partial charge on any atom is 0.269 e. The molecule has 0 saturated carbocycles. The summed E-state index contributed by atoms with van der Waals surface area (Å²) in [5, 5.41) is 0. The number of fused-ring (bicyclic) bond motifs is 1. The van der Waals surface area contributed by atoms with E-state index in [9.17, 15) is 4.79 Å². The van der Waals surface area contributed by atoms with Crippen molar-refractivity contribution >= 4 is 28.1 Å². The first-order valence-corrected chi connectivity index (χ1v) is 4.40. The highest BCUT2D eigenvalue weighted by molar-refractivity contribution is 9.11. The molecule has 0 saturated heterocycles. The minimum Gasteiger partial charge on any atom is -0.267 e. The zero-order valence-corrected chi connectivity index (χ0v) is 7.78. The molecule has 0 fully saturated rings. The molecule has 1 aliphatic heterocycles. The van der Waals surface area contributed by atoms with E-state index in [1.54, 1.807) is 12.3 Å². The molecule has 0 radical (unpaired) electrons. The van der Waals surface area contributed by atoms with Crippen molar-refractivity contribution in [3.8, 4) is 0 Å². The smallest absolute Gasteiger partial charge is 0.267 e. The van der Waals surface area contributed by atoms with E-state index in [1.807, 2.05) is 18.2 Å². The average molecular weight is 224 g/mol. The van der Waals surface area contributed by atoms with Crippen LogP contribution < -0.4 is 0 Å². The van der Waals surface area contributed by atoms with E-state index in [2.05, 4.69) is 20.9 Å². The largest absolute Gasteiger partial charge is 0.269 e. The molecule has 1 atom stereocenters. The minimum atomic E-state index is -0.173. The van der Waals surface area contributed by atoms with Crippen LogP contribution in [0.1, 0.15) is 0 Å². The predicted molar refractivity (Wildman–Crippen MR) is 51.2 cm³/mol. The van der Waals surface area contributed by atoms with Gasteiger partial charge in [-0.2, -0.15) is 0 Å². The molecule has 2 nitrogen and oxygen atoms in total. The summed E-state index contributed by atoms with van der Waals surface area (Å²) in [5.74, 6) is 0.0112. The van der Waals surface area contributed by atoms with Gasteiger partial charge in [-0.05, 0) is 11.6 Å². The Morgan fingerprint density at radius 1 is 1.42 bits per heavy atom. The lowest BCUT2D eigenvalue weighted by Gasteiger charge is -2.15. The number of nitrogens with zero attached hydrogens (tertiary/aromatic N) is 1.